The molecule has 4 rings (SSSR count). The molecular weight excluding hydrogens is 416 g/mol. The molecule has 170 valence electrons. The van der Waals surface area contributed by atoms with Gasteiger partial charge in [-0.1, -0.05) is 18.9 Å². The number of anilines is 1. The number of carbonyl (C=O) groups excluding carboxylic acids is 1. The van der Waals surface area contributed by atoms with E-state index < -0.39 is 0 Å². The second-order valence-electron chi connectivity index (χ2n) is 9.23. The maximum absolute atomic E-state index is 12.5. The summed E-state index contributed by atoms with van der Waals surface area (Å²) in [5, 5.41) is 17.5. The highest BCUT2D eigenvalue weighted by Crippen LogP contribution is 2.34. The third kappa shape index (κ3) is 6.26. The maximum Gasteiger partial charge on any atom is 0.315 e. The number of nitrogens with one attached hydrogen (secondary N) is 2. The SMILES string of the molecule is N#Cc1ccc(N2CCC[C@H](C[C@@H]3CCCC[C@H]3NC(=O)NCCc3cccs3)C2)cc1. The monoisotopic (exact) mass is 450 g/mol. The van der Waals surface area contributed by atoms with Gasteiger partial charge in [0.05, 0.1) is 11.6 Å². The van der Waals surface area contributed by atoms with Crippen molar-refractivity contribution in [1.29, 1.82) is 5.26 Å². The van der Waals surface area contributed by atoms with Gasteiger partial charge in [0.15, 0.2) is 0 Å². The van der Waals surface area contributed by atoms with E-state index in [-0.39, 0.29) is 12.1 Å². The van der Waals surface area contributed by atoms with E-state index in [1.54, 1.807) is 11.3 Å². The van der Waals surface area contributed by atoms with Gasteiger partial charge in [0, 0.05) is 36.2 Å². The molecule has 2 amide bonds. The predicted octanol–water partition coefficient (Wildman–Crippen LogP) is 5.33. The van der Waals surface area contributed by atoms with E-state index in [4.69, 9.17) is 5.26 Å². The first-order chi connectivity index (χ1) is 15.7. The first-order valence-electron chi connectivity index (χ1n) is 12.0. The molecule has 6 heteroatoms. The molecule has 32 heavy (non-hydrogen) atoms. The Balaban J connectivity index is 1.27. The number of rotatable bonds is 7. The van der Waals surface area contributed by atoms with Crippen molar-refractivity contribution in [3.63, 3.8) is 0 Å². The minimum Gasteiger partial charge on any atom is -0.371 e. The summed E-state index contributed by atoms with van der Waals surface area (Å²) in [4.78, 5) is 16.3. The van der Waals surface area contributed by atoms with Gasteiger partial charge in [-0.2, -0.15) is 5.26 Å². The van der Waals surface area contributed by atoms with Crippen molar-refractivity contribution in [2.24, 2.45) is 11.8 Å². The van der Waals surface area contributed by atoms with Gasteiger partial charge in [-0.15, -0.1) is 11.3 Å². The van der Waals surface area contributed by atoms with Crippen molar-refractivity contribution in [2.75, 3.05) is 24.5 Å². The minimum atomic E-state index is -0.0127. The number of thiophene rings is 1. The lowest BCUT2D eigenvalue weighted by Crippen LogP contribution is -2.48. The molecule has 2 fully saturated rings. The number of carbonyl (C=O) groups is 1. The molecule has 0 radical (unpaired) electrons. The van der Waals surface area contributed by atoms with Crippen LogP contribution in [0.4, 0.5) is 10.5 Å². The molecule has 0 spiro atoms. The van der Waals surface area contributed by atoms with E-state index in [0.29, 0.717) is 23.9 Å². The smallest absolute Gasteiger partial charge is 0.315 e. The molecule has 5 nitrogen and oxygen atoms in total. The molecule has 3 atom stereocenters. The van der Waals surface area contributed by atoms with Crippen LogP contribution in [0.15, 0.2) is 41.8 Å². The minimum absolute atomic E-state index is 0.0127. The van der Waals surface area contributed by atoms with Gasteiger partial charge in [0.1, 0.15) is 0 Å². The third-order valence-corrected chi connectivity index (χ3v) is 7.92. The molecule has 1 aliphatic heterocycles. The Morgan fingerprint density at radius 1 is 1.12 bits per heavy atom. The fraction of sp³-hybridized carbons (Fsp3) is 0.538. The Morgan fingerprint density at radius 2 is 1.97 bits per heavy atom. The Kier molecular flexibility index (Phi) is 8.06. The fourth-order valence-electron chi connectivity index (χ4n) is 5.32. The van der Waals surface area contributed by atoms with Crippen molar-refractivity contribution < 1.29 is 4.79 Å². The van der Waals surface area contributed by atoms with Crippen LogP contribution in [0.25, 0.3) is 0 Å². The summed E-state index contributed by atoms with van der Waals surface area (Å²) in [5.74, 6) is 1.23. The van der Waals surface area contributed by atoms with Gasteiger partial charge in [0.2, 0.25) is 0 Å². The molecule has 1 aromatic carbocycles. The average Bonchev–Trinajstić information content (AvgIpc) is 3.34. The first kappa shape index (κ1) is 22.7. The number of hydrogen-bond donors (Lipinski definition) is 2. The van der Waals surface area contributed by atoms with E-state index in [0.717, 1.165) is 25.9 Å². The number of nitrogens with zero attached hydrogens (tertiary/aromatic N) is 2. The zero-order valence-corrected chi connectivity index (χ0v) is 19.6. The summed E-state index contributed by atoms with van der Waals surface area (Å²) in [5.41, 5.74) is 1.93. The molecule has 2 heterocycles. The Hall–Kier alpha value is -2.52. The van der Waals surface area contributed by atoms with Crippen molar-refractivity contribution in [1.82, 2.24) is 10.6 Å². The molecule has 0 bridgehead atoms. The van der Waals surface area contributed by atoms with Gasteiger partial charge in [0.25, 0.3) is 0 Å². The van der Waals surface area contributed by atoms with Crippen LogP contribution in [0, 0.1) is 23.2 Å². The van der Waals surface area contributed by atoms with Crippen LogP contribution < -0.4 is 15.5 Å². The lowest BCUT2D eigenvalue weighted by Gasteiger charge is -2.39. The summed E-state index contributed by atoms with van der Waals surface area (Å²) in [7, 11) is 0. The zero-order chi connectivity index (χ0) is 22.2. The van der Waals surface area contributed by atoms with E-state index in [9.17, 15) is 4.79 Å². The van der Waals surface area contributed by atoms with Crippen LogP contribution in [0.5, 0.6) is 0 Å². The summed E-state index contributed by atoms with van der Waals surface area (Å²) in [6, 6.07) is 14.6. The standard InChI is InChI=1S/C26H34N4OS/c27-18-20-9-11-23(12-10-20)30-15-3-5-21(19-30)17-22-6-1-2-8-25(22)29-26(31)28-14-13-24-7-4-16-32-24/h4,7,9-12,16,21-22,25H,1-3,5-6,8,13-15,17,19H2,(H2,28,29,31)/t21-,22+,25-/m1/s1. The molecule has 0 unspecified atom stereocenters. The Morgan fingerprint density at radius 3 is 2.75 bits per heavy atom. The van der Waals surface area contributed by atoms with Crippen LogP contribution in [0.3, 0.4) is 0 Å². The lowest BCUT2D eigenvalue weighted by atomic mass is 9.77. The number of amides is 2. The lowest BCUT2D eigenvalue weighted by molar-refractivity contribution is 0.197. The van der Waals surface area contributed by atoms with Gasteiger partial charge < -0.3 is 15.5 Å². The highest BCUT2D eigenvalue weighted by atomic mass is 32.1. The highest BCUT2D eigenvalue weighted by Gasteiger charge is 2.30. The van der Waals surface area contributed by atoms with Crippen molar-refractivity contribution in [3.8, 4) is 6.07 Å². The van der Waals surface area contributed by atoms with Gasteiger partial charge in [-0.3, -0.25) is 0 Å². The third-order valence-electron chi connectivity index (χ3n) is 6.98. The molecule has 2 aliphatic rings. The number of nitriles is 1. The largest absolute Gasteiger partial charge is 0.371 e. The van der Waals surface area contributed by atoms with E-state index in [2.05, 4.69) is 51.2 Å². The molecule has 2 N–H and O–H groups in total. The van der Waals surface area contributed by atoms with Crippen LogP contribution in [-0.2, 0) is 6.42 Å². The fourth-order valence-corrected chi connectivity index (χ4v) is 6.03. The molecule has 2 aromatic rings. The first-order valence-corrected chi connectivity index (χ1v) is 12.9. The highest BCUT2D eigenvalue weighted by molar-refractivity contribution is 7.09. The number of benzene rings is 1. The second-order valence-corrected chi connectivity index (χ2v) is 10.3. The molecule has 1 aromatic heterocycles. The van der Waals surface area contributed by atoms with Gasteiger partial charge in [-0.05, 0) is 86.1 Å². The normalized spacial score (nSPS) is 23.3. The van der Waals surface area contributed by atoms with Crippen molar-refractivity contribution >= 4 is 23.1 Å². The molecular formula is C26H34N4OS. The molecule has 1 aliphatic carbocycles. The van der Waals surface area contributed by atoms with Crippen LogP contribution in [-0.4, -0.2) is 31.7 Å². The molecule has 1 saturated carbocycles. The predicted molar refractivity (Wildman–Crippen MR) is 131 cm³/mol. The van der Waals surface area contributed by atoms with E-state index in [1.165, 1.54) is 49.1 Å². The number of hydrogen-bond acceptors (Lipinski definition) is 4. The topological polar surface area (TPSA) is 68.2 Å². The summed E-state index contributed by atoms with van der Waals surface area (Å²) in [6.45, 7) is 2.84. The zero-order valence-electron chi connectivity index (χ0n) is 18.8. The van der Waals surface area contributed by atoms with E-state index in [1.807, 2.05) is 12.1 Å². The molecule has 1 saturated heterocycles. The van der Waals surface area contributed by atoms with Gasteiger partial charge >= 0.3 is 6.03 Å². The van der Waals surface area contributed by atoms with Crippen molar-refractivity contribution in [2.45, 2.75) is 57.4 Å². The summed E-state index contributed by atoms with van der Waals surface area (Å²) >= 11 is 1.74. The quantitative estimate of drug-likeness (QED) is 0.599. The second kappa shape index (κ2) is 11.4. The Labute approximate surface area is 195 Å². The summed E-state index contributed by atoms with van der Waals surface area (Å²) < 4.78 is 0. The van der Waals surface area contributed by atoms with Crippen LogP contribution in [0.1, 0.15) is 55.4 Å². The van der Waals surface area contributed by atoms with Crippen LogP contribution >= 0.6 is 11.3 Å². The van der Waals surface area contributed by atoms with E-state index >= 15 is 0 Å². The number of piperidine rings is 1. The summed E-state index contributed by atoms with van der Waals surface area (Å²) in [6.07, 6.45) is 9.34. The Bertz CT molecular complexity index is 890. The maximum atomic E-state index is 12.5. The average molecular weight is 451 g/mol. The van der Waals surface area contributed by atoms with Crippen LogP contribution in [0.2, 0.25) is 0 Å². The number of urea groups is 1. The van der Waals surface area contributed by atoms with Crippen molar-refractivity contribution in [3.05, 3.63) is 52.2 Å². The van der Waals surface area contributed by atoms with Gasteiger partial charge in [-0.25, -0.2) is 4.79 Å².